The number of hydrogen-bond donors (Lipinski definition) is 2. The molecule has 24 heavy (non-hydrogen) atoms. The van der Waals surface area contributed by atoms with Crippen molar-refractivity contribution in [3.05, 3.63) is 89.7 Å². The van der Waals surface area contributed by atoms with E-state index in [0.29, 0.717) is 12.1 Å². The Bertz CT molecular complexity index is 814. The van der Waals surface area contributed by atoms with Crippen LogP contribution in [0.25, 0.3) is 0 Å². The van der Waals surface area contributed by atoms with E-state index in [0.717, 1.165) is 22.5 Å². The first kappa shape index (κ1) is 15.7. The van der Waals surface area contributed by atoms with E-state index in [1.165, 1.54) is 0 Å². The number of pyridine rings is 1. The summed E-state index contributed by atoms with van der Waals surface area (Å²) in [6, 6.07) is 19.2. The van der Waals surface area contributed by atoms with Crippen molar-refractivity contribution in [2.45, 2.75) is 13.5 Å². The smallest absolute Gasteiger partial charge is 0.255 e. The molecule has 0 spiro atoms. The van der Waals surface area contributed by atoms with Crippen molar-refractivity contribution in [2.75, 3.05) is 10.6 Å². The highest BCUT2D eigenvalue weighted by atomic mass is 16.1. The standard InChI is InChI=1S/C20H19N3O/c1-15-4-2-6-17(12-15)20(24)23-19-9-7-18(8-10-19)22-14-16-5-3-11-21-13-16/h2-13,22H,14H2,1H3,(H,23,24). The van der Waals surface area contributed by atoms with Crippen LogP contribution >= 0.6 is 0 Å². The summed E-state index contributed by atoms with van der Waals surface area (Å²) in [5, 5.41) is 6.24. The van der Waals surface area contributed by atoms with Crippen molar-refractivity contribution in [3.63, 3.8) is 0 Å². The normalized spacial score (nSPS) is 10.2. The third-order valence-electron chi connectivity index (χ3n) is 3.64. The van der Waals surface area contributed by atoms with E-state index < -0.39 is 0 Å². The Morgan fingerprint density at radius 1 is 1.00 bits per heavy atom. The van der Waals surface area contributed by atoms with E-state index in [1.54, 1.807) is 6.20 Å². The van der Waals surface area contributed by atoms with Gasteiger partial charge in [0.15, 0.2) is 0 Å². The molecule has 0 aliphatic rings. The molecule has 0 saturated carbocycles. The second kappa shape index (κ2) is 7.42. The van der Waals surface area contributed by atoms with Crippen LogP contribution in [0.15, 0.2) is 73.1 Å². The Morgan fingerprint density at radius 3 is 2.50 bits per heavy atom. The minimum atomic E-state index is -0.102. The third-order valence-corrected chi connectivity index (χ3v) is 3.64. The Morgan fingerprint density at radius 2 is 1.79 bits per heavy atom. The zero-order chi connectivity index (χ0) is 16.8. The lowest BCUT2D eigenvalue weighted by atomic mass is 10.1. The number of carbonyl (C=O) groups is 1. The number of amides is 1. The molecular formula is C20H19N3O. The maximum absolute atomic E-state index is 12.2. The van der Waals surface area contributed by atoms with Gasteiger partial charge >= 0.3 is 0 Å². The summed E-state index contributed by atoms with van der Waals surface area (Å²) in [6.07, 6.45) is 3.60. The van der Waals surface area contributed by atoms with Gasteiger partial charge in [-0.3, -0.25) is 9.78 Å². The highest BCUT2D eigenvalue weighted by Gasteiger charge is 2.05. The molecule has 0 aliphatic carbocycles. The monoisotopic (exact) mass is 317 g/mol. The molecule has 0 atom stereocenters. The first-order valence-electron chi connectivity index (χ1n) is 7.81. The van der Waals surface area contributed by atoms with Crippen LogP contribution in [0.5, 0.6) is 0 Å². The van der Waals surface area contributed by atoms with E-state index in [9.17, 15) is 4.79 Å². The van der Waals surface area contributed by atoms with Crippen LogP contribution in [0.1, 0.15) is 21.5 Å². The highest BCUT2D eigenvalue weighted by Crippen LogP contribution is 2.16. The Labute approximate surface area is 141 Å². The van der Waals surface area contributed by atoms with E-state index in [-0.39, 0.29) is 5.91 Å². The minimum absolute atomic E-state index is 0.102. The molecule has 2 N–H and O–H groups in total. The van der Waals surface area contributed by atoms with E-state index in [1.807, 2.05) is 73.8 Å². The number of benzene rings is 2. The van der Waals surface area contributed by atoms with Crippen LogP contribution in [-0.2, 0) is 6.54 Å². The Kier molecular flexibility index (Phi) is 4.87. The van der Waals surface area contributed by atoms with E-state index in [4.69, 9.17) is 0 Å². The van der Waals surface area contributed by atoms with Crippen LogP contribution in [0.4, 0.5) is 11.4 Å². The van der Waals surface area contributed by atoms with Gasteiger partial charge in [0.2, 0.25) is 0 Å². The Balaban J connectivity index is 1.59. The van der Waals surface area contributed by atoms with Crippen molar-refractivity contribution < 1.29 is 4.79 Å². The maximum Gasteiger partial charge on any atom is 0.255 e. The predicted molar refractivity (Wildman–Crippen MR) is 97.1 cm³/mol. The van der Waals surface area contributed by atoms with Gasteiger partial charge < -0.3 is 10.6 Å². The average molecular weight is 317 g/mol. The number of aryl methyl sites for hydroxylation is 1. The largest absolute Gasteiger partial charge is 0.381 e. The second-order valence-electron chi connectivity index (χ2n) is 5.62. The summed E-state index contributed by atoms with van der Waals surface area (Å²) < 4.78 is 0. The van der Waals surface area contributed by atoms with Crippen LogP contribution < -0.4 is 10.6 Å². The molecule has 1 heterocycles. The fourth-order valence-electron chi connectivity index (χ4n) is 2.37. The lowest BCUT2D eigenvalue weighted by molar-refractivity contribution is 0.102. The average Bonchev–Trinajstić information content (AvgIpc) is 2.62. The van der Waals surface area contributed by atoms with Gasteiger partial charge in [0.25, 0.3) is 5.91 Å². The summed E-state index contributed by atoms with van der Waals surface area (Å²) in [7, 11) is 0. The van der Waals surface area contributed by atoms with Crippen molar-refractivity contribution in [3.8, 4) is 0 Å². The Hall–Kier alpha value is -3.14. The zero-order valence-electron chi connectivity index (χ0n) is 13.5. The number of aromatic nitrogens is 1. The highest BCUT2D eigenvalue weighted by molar-refractivity contribution is 6.04. The molecule has 3 aromatic rings. The number of carbonyl (C=O) groups excluding carboxylic acids is 1. The molecule has 2 aromatic carbocycles. The molecule has 4 heteroatoms. The topological polar surface area (TPSA) is 54.0 Å². The zero-order valence-corrected chi connectivity index (χ0v) is 13.5. The van der Waals surface area contributed by atoms with Gasteiger partial charge in [-0.25, -0.2) is 0 Å². The van der Waals surface area contributed by atoms with Gasteiger partial charge in [-0.1, -0.05) is 23.8 Å². The molecule has 1 amide bonds. The van der Waals surface area contributed by atoms with Gasteiger partial charge in [-0.2, -0.15) is 0 Å². The molecule has 4 nitrogen and oxygen atoms in total. The van der Waals surface area contributed by atoms with Crippen LogP contribution in [0.2, 0.25) is 0 Å². The summed E-state index contributed by atoms with van der Waals surface area (Å²) in [5.41, 5.74) is 4.61. The lowest BCUT2D eigenvalue weighted by Crippen LogP contribution is -2.11. The van der Waals surface area contributed by atoms with Crippen LogP contribution in [-0.4, -0.2) is 10.9 Å². The molecule has 0 bridgehead atoms. The first-order chi connectivity index (χ1) is 11.7. The fourth-order valence-corrected chi connectivity index (χ4v) is 2.37. The van der Waals surface area contributed by atoms with Gasteiger partial charge in [0.05, 0.1) is 0 Å². The van der Waals surface area contributed by atoms with Crippen molar-refractivity contribution in [1.82, 2.24) is 4.98 Å². The van der Waals surface area contributed by atoms with Crippen molar-refractivity contribution in [1.29, 1.82) is 0 Å². The number of nitrogens with zero attached hydrogens (tertiary/aromatic N) is 1. The quantitative estimate of drug-likeness (QED) is 0.739. The molecule has 3 rings (SSSR count). The number of nitrogens with one attached hydrogen (secondary N) is 2. The summed E-state index contributed by atoms with van der Waals surface area (Å²) >= 11 is 0. The summed E-state index contributed by atoms with van der Waals surface area (Å²) in [4.78, 5) is 16.3. The molecule has 0 radical (unpaired) electrons. The van der Waals surface area contributed by atoms with Gasteiger partial charge in [-0.15, -0.1) is 0 Å². The maximum atomic E-state index is 12.2. The molecule has 0 aliphatic heterocycles. The van der Waals surface area contributed by atoms with Gasteiger partial charge in [0.1, 0.15) is 0 Å². The molecular weight excluding hydrogens is 298 g/mol. The molecule has 0 unspecified atom stereocenters. The second-order valence-corrected chi connectivity index (χ2v) is 5.62. The van der Waals surface area contributed by atoms with Crippen molar-refractivity contribution >= 4 is 17.3 Å². The first-order valence-corrected chi connectivity index (χ1v) is 7.81. The van der Waals surface area contributed by atoms with Gasteiger partial charge in [-0.05, 0) is 55.0 Å². The summed E-state index contributed by atoms with van der Waals surface area (Å²) in [6.45, 7) is 2.68. The number of anilines is 2. The van der Waals surface area contributed by atoms with Crippen molar-refractivity contribution in [2.24, 2.45) is 0 Å². The number of hydrogen-bond acceptors (Lipinski definition) is 3. The minimum Gasteiger partial charge on any atom is -0.381 e. The molecule has 0 fully saturated rings. The van der Waals surface area contributed by atoms with E-state index >= 15 is 0 Å². The molecule has 120 valence electrons. The molecule has 0 saturated heterocycles. The van der Waals surface area contributed by atoms with E-state index in [2.05, 4.69) is 15.6 Å². The molecule has 1 aromatic heterocycles. The number of rotatable bonds is 5. The van der Waals surface area contributed by atoms with Gasteiger partial charge in [0, 0.05) is 35.9 Å². The summed E-state index contributed by atoms with van der Waals surface area (Å²) in [5.74, 6) is -0.102. The third kappa shape index (κ3) is 4.20. The predicted octanol–water partition coefficient (Wildman–Crippen LogP) is 4.25. The van der Waals surface area contributed by atoms with Crippen LogP contribution in [0.3, 0.4) is 0 Å². The lowest BCUT2D eigenvalue weighted by Gasteiger charge is -2.09. The SMILES string of the molecule is Cc1cccc(C(=O)Nc2ccc(NCc3cccnc3)cc2)c1. The van der Waals surface area contributed by atoms with Crippen LogP contribution in [0, 0.1) is 6.92 Å². The fraction of sp³-hybridized carbons (Fsp3) is 0.100.